The Labute approximate surface area is 93.5 Å². The summed E-state index contributed by atoms with van der Waals surface area (Å²) < 4.78 is 1.13. The minimum Gasteiger partial charge on any atom is -0.543 e. The highest BCUT2D eigenvalue weighted by Gasteiger charge is 2.17. The summed E-state index contributed by atoms with van der Waals surface area (Å²) in [4.78, 5) is 24.1. The van der Waals surface area contributed by atoms with Crippen molar-refractivity contribution in [3.05, 3.63) is 17.5 Å². The minimum atomic E-state index is -1.34. The Bertz CT molecular complexity index is 407. The van der Waals surface area contributed by atoms with Gasteiger partial charge in [0.2, 0.25) is 0 Å². The van der Waals surface area contributed by atoms with Gasteiger partial charge in [-0.1, -0.05) is 0 Å². The van der Waals surface area contributed by atoms with E-state index in [1.54, 1.807) is 4.90 Å². The van der Waals surface area contributed by atoms with E-state index >= 15 is 0 Å². The van der Waals surface area contributed by atoms with Gasteiger partial charge in [0.05, 0.1) is 11.7 Å². The maximum absolute atomic E-state index is 11.8. The van der Waals surface area contributed by atoms with Gasteiger partial charge in [-0.15, -0.1) is 0 Å². The third-order valence-corrected chi connectivity index (χ3v) is 2.36. The van der Waals surface area contributed by atoms with Crippen molar-refractivity contribution in [3.63, 3.8) is 0 Å². The van der Waals surface area contributed by atoms with Gasteiger partial charge in [0.25, 0.3) is 5.91 Å². The number of aromatic nitrogens is 2. The summed E-state index contributed by atoms with van der Waals surface area (Å²) in [6.45, 7) is 4.83. The maximum Gasteiger partial charge on any atom is 0.274 e. The zero-order valence-electron chi connectivity index (χ0n) is 9.56. The monoisotopic (exact) mass is 224 g/mol. The number of amides is 1. The smallest absolute Gasteiger partial charge is 0.274 e. The number of carboxylic acid groups (broad SMARTS) is 1. The predicted molar refractivity (Wildman–Crippen MR) is 54.8 cm³/mol. The molecule has 0 aliphatic carbocycles. The predicted octanol–water partition coefficient (Wildman–Crippen LogP) is -0.734. The number of rotatable bonds is 4. The van der Waals surface area contributed by atoms with Crippen molar-refractivity contribution in [1.29, 1.82) is 0 Å². The van der Waals surface area contributed by atoms with Crippen LogP contribution in [-0.2, 0) is 7.05 Å². The first-order valence-electron chi connectivity index (χ1n) is 5.05. The Morgan fingerprint density at radius 3 is 2.38 bits per heavy atom. The fourth-order valence-corrected chi connectivity index (χ4v) is 1.44. The molecule has 0 saturated carbocycles. The van der Waals surface area contributed by atoms with E-state index in [9.17, 15) is 14.7 Å². The lowest BCUT2D eigenvalue weighted by atomic mass is 10.3. The maximum atomic E-state index is 11.8. The van der Waals surface area contributed by atoms with Gasteiger partial charge in [0.15, 0.2) is 5.69 Å². The molecule has 0 fully saturated rings. The third-order valence-electron chi connectivity index (χ3n) is 2.36. The number of hydrogen-bond donors (Lipinski definition) is 0. The van der Waals surface area contributed by atoms with Gasteiger partial charge in [-0.2, -0.15) is 5.10 Å². The molecule has 6 heteroatoms. The number of hydrogen-bond acceptors (Lipinski definition) is 4. The summed E-state index contributed by atoms with van der Waals surface area (Å²) in [6, 6.07) is 1.23. The van der Waals surface area contributed by atoms with Crippen molar-refractivity contribution < 1.29 is 14.7 Å². The second kappa shape index (κ2) is 4.78. The average molecular weight is 224 g/mol. The number of carboxylic acids is 1. The molecule has 0 atom stereocenters. The Balaban J connectivity index is 3.01. The molecule has 1 aromatic rings. The van der Waals surface area contributed by atoms with Crippen LogP contribution < -0.4 is 5.11 Å². The fourth-order valence-electron chi connectivity index (χ4n) is 1.44. The SMILES string of the molecule is CCN(CC)C(=O)c1cc(C(=O)[O-])n(C)n1. The molecule has 0 aromatic carbocycles. The van der Waals surface area contributed by atoms with E-state index in [0.717, 1.165) is 4.68 Å². The topological polar surface area (TPSA) is 78.3 Å². The Hall–Kier alpha value is -1.85. The lowest BCUT2D eigenvalue weighted by Crippen LogP contribution is -2.30. The van der Waals surface area contributed by atoms with Crippen LogP contribution in [0.5, 0.6) is 0 Å². The van der Waals surface area contributed by atoms with E-state index in [0.29, 0.717) is 13.1 Å². The van der Waals surface area contributed by atoms with Crippen LogP contribution in [0.3, 0.4) is 0 Å². The van der Waals surface area contributed by atoms with Crippen molar-refractivity contribution in [3.8, 4) is 0 Å². The standard InChI is InChI=1S/C10H15N3O3/c1-4-13(5-2)9(14)7-6-8(10(15)16)12(3)11-7/h6H,4-5H2,1-3H3,(H,15,16)/p-1. The summed E-state index contributed by atoms with van der Waals surface area (Å²) in [5.74, 6) is -1.61. The quantitative estimate of drug-likeness (QED) is 0.675. The average Bonchev–Trinajstić information content (AvgIpc) is 2.62. The molecule has 1 heterocycles. The van der Waals surface area contributed by atoms with Crippen molar-refractivity contribution in [2.24, 2.45) is 7.05 Å². The van der Waals surface area contributed by atoms with Gasteiger partial charge in [-0.05, 0) is 19.9 Å². The summed E-state index contributed by atoms with van der Waals surface area (Å²) in [6.07, 6.45) is 0. The summed E-state index contributed by atoms with van der Waals surface area (Å²) >= 11 is 0. The highest BCUT2D eigenvalue weighted by Crippen LogP contribution is 2.06. The fraction of sp³-hybridized carbons (Fsp3) is 0.500. The van der Waals surface area contributed by atoms with E-state index in [1.165, 1.54) is 13.1 Å². The molecule has 0 N–H and O–H groups in total. The zero-order chi connectivity index (χ0) is 12.3. The second-order valence-corrected chi connectivity index (χ2v) is 3.30. The number of carbonyl (C=O) groups is 2. The molecule has 88 valence electrons. The van der Waals surface area contributed by atoms with E-state index in [2.05, 4.69) is 5.10 Å². The number of aromatic carboxylic acids is 1. The van der Waals surface area contributed by atoms with Gasteiger partial charge in [-0.25, -0.2) is 0 Å². The second-order valence-electron chi connectivity index (χ2n) is 3.30. The molecule has 1 amide bonds. The number of aryl methyl sites for hydroxylation is 1. The van der Waals surface area contributed by atoms with Crippen LogP contribution in [0.2, 0.25) is 0 Å². The van der Waals surface area contributed by atoms with E-state index in [-0.39, 0.29) is 17.3 Å². The van der Waals surface area contributed by atoms with Gasteiger partial charge < -0.3 is 14.8 Å². The molecule has 0 saturated heterocycles. The largest absolute Gasteiger partial charge is 0.543 e. The van der Waals surface area contributed by atoms with Crippen molar-refractivity contribution >= 4 is 11.9 Å². The molecular formula is C10H14N3O3-. The van der Waals surface area contributed by atoms with Gasteiger partial charge >= 0.3 is 0 Å². The van der Waals surface area contributed by atoms with Crippen LogP contribution in [0.1, 0.15) is 34.8 Å². The Morgan fingerprint density at radius 2 is 2.00 bits per heavy atom. The molecule has 1 rings (SSSR count). The summed E-state index contributed by atoms with van der Waals surface area (Å²) in [5, 5.41) is 14.5. The molecular weight excluding hydrogens is 210 g/mol. The van der Waals surface area contributed by atoms with Crippen molar-refractivity contribution in [2.45, 2.75) is 13.8 Å². The highest BCUT2D eigenvalue weighted by molar-refractivity contribution is 5.95. The van der Waals surface area contributed by atoms with E-state index < -0.39 is 5.97 Å². The first-order valence-corrected chi connectivity index (χ1v) is 5.05. The van der Waals surface area contributed by atoms with E-state index in [1.807, 2.05) is 13.8 Å². The molecule has 1 aromatic heterocycles. The van der Waals surface area contributed by atoms with Gasteiger partial charge in [0.1, 0.15) is 0 Å². The Morgan fingerprint density at radius 1 is 1.44 bits per heavy atom. The number of nitrogens with zero attached hydrogens (tertiary/aromatic N) is 3. The normalized spacial score (nSPS) is 10.2. The third kappa shape index (κ3) is 2.21. The molecule has 0 aliphatic rings. The molecule has 0 spiro atoms. The van der Waals surface area contributed by atoms with Crippen LogP contribution in [0.4, 0.5) is 0 Å². The van der Waals surface area contributed by atoms with Crippen LogP contribution in [0, 0.1) is 0 Å². The molecule has 16 heavy (non-hydrogen) atoms. The first kappa shape index (κ1) is 12.2. The zero-order valence-corrected chi connectivity index (χ0v) is 9.56. The van der Waals surface area contributed by atoms with Crippen molar-refractivity contribution in [1.82, 2.24) is 14.7 Å². The molecule has 6 nitrogen and oxygen atoms in total. The summed E-state index contributed by atoms with van der Waals surface area (Å²) in [7, 11) is 1.46. The Kier molecular flexibility index (Phi) is 3.65. The van der Waals surface area contributed by atoms with Gasteiger partial charge in [-0.3, -0.25) is 9.48 Å². The lowest BCUT2D eigenvalue weighted by molar-refractivity contribution is -0.255. The number of carbonyl (C=O) groups excluding carboxylic acids is 2. The van der Waals surface area contributed by atoms with Crippen LogP contribution in [0.15, 0.2) is 6.07 Å². The minimum absolute atomic E-state index is 0.101. The molecule has 0 unspecified atom stereocenters. The molecule has 0 aliphatic heterocycles. The van der Waals surface area contributed by atoms with Crippen LogP contribution in [-0.4, -0.2) is 39.6 Å². The van der Waals surface area contributed by atoms with Crippen LogP contribution >= 0.6 is 0 Å². The molecule has 0 radical (unpaired) electrons. The lowest BCUT2D eigenvalue weighted by Gasteiger charge is -2.16. The van der Waals surface area contributed by atoms with Crippen molar-refractivity contribution in [2.75, 3.05) is 13.1 Å². The summed E-state index contributed by atoms with van der Waals surface area (Å²) in [5.41, 5.74) is 0.0286. The van der Waals surface area contributed by atoms with E-state index in [4.69, 9.17) is 0 Å². The van der Waals surface area contributed by atoms with Crippen LogP contribution in [0.25, 0.3) is 0 Å². The molecule has 0 bridgehead atoms. The van der Waals surface area contributed by atoms with Gasteiger partial charge in [0, 0.05) is 20.1 Å². The first-order chi connectivity index (χ1) is 7.51. The highest BCUT2D eigenvalue weighted by atomic mass is 16.4.